The van der Waals surface area contributed by atoms with Gasteiger partial charge in [0, 0.05) is 17.2 Å². The zero-order valence-electron chi connectivity index (χ0n) is 7.47. The van der Waals surface area contributed by atoms with E-state index in [1.165, 1.54) is 12.1 Å². The molecule has 0 aromatic heterocycles. The largest absolute Gasteiger partial charge is 0.871 e. The quantitative estimate of drug-likeness (QED) is 0.706. The number of hydrogen-bond acceptors (Lipinski definition) is 4. The van der Waals surface area contributed by atoms with Gasteiger partial charge in [0.25, 0.3) is 0 Å². The lowest BCUT2D eigenvalue weighted by molar-refractivity contribution is -0.243. The Morgan fingerprint density at radius 3 is 2.50 bits per heavy atom. The van der Waals surface area contributed by atoms with Gasteiger partial charge in [0.05, 0.1) is 0 Å². The molecule has 4 nitrogen and oxygen atoms in total. The first-order valence-electron chi connectivity index (χ1n) is 3.77. The number of rotatable bonds is 2. The second-order valence-electron chi connectivity index (χ2n) is 2.83. The summed E-state index contributed by atoms with van der Waals surface area (Å²) >= 11 is 0. The van der Waals surface area contributed by atoms with E-state index in [2.05, 4.69) is 0 Å². The molecule has 0 spiro atoms. The molecule has 0 aliphatic carbocycles. The first kappa shape index (κ1) is 10.6. The summed E-state index contributed by atoms with van der Waals surface area (Å²) in [6.45, 7) is 0. The highest BCUT2D eigenvalue weighted by Crippen LogP contribution is 2.21. The topological polar surface area (TPSA) is 77.4 Å². The van der Waals surface area contributed by atoms with E-state index in [0.29, 0.717) is 5.41 Å². The van der Waals surface area contributed by atoms with Crippen LogP contribution in [-0.4, -0.2) is 19.8 Å². The maximum atomic E-state index is 11.3. The van der Waals surface area contributed by atoms with Gasteiger partial charge in [-0.3, -0.25) is 0 Å². The lowest BCUT2D eigenvalue weighted by atomic mass is 10.2. The second-order valence-corrected chi connectivity index (χ2v) is 4.72. The lowest BCUT2D eigenvalue weighted by Crippen LogP contribution is -2.05. The third-order valence-electron chi connectivity index (χ3n) is 1.49. The zero-order chi connectivity index (χ0) is 10.8. The van der Waals surface area contributed by atoms with Crippen molar-refractivity contribution in [2.45, 2.75) is 0 Å². The van der Waals surface area contributed by atoms with Crippen LogP contribution in [0.5, 0.6) is 5.75 Å². The minimum Gasteiger partial charge on any atom is -0.871 e. The first-order valence-corrected chi connectivity index (χ1v) is 5.73. The van der Waals surface area contributed by atoms with Gasteiger partial charge in [-0.15, -0.1) is 0 Å². The zero-order valence-corrected chi connectivity index (χ0v) is 8.28. The summed E-state index contributed by atoms with van der Waals surface area (Å²) in [6, 6.07) is 5.78. The second kappa shape index (κ2) is 3.71. The van der Waals surface area contributed by atoms with Crippen LogP contribution in [0.1, 0.15) is 5.56 Å². The Balaban J connectivity index is 3.20. The van der Waals surface area contributed by atoms with Crippen LogP contribution in [0, 0.1) is 0 Å². The van der Waals surface area contributed by atoms with Crippen LogP contribution >= 0.6 is 0 Å². The Morgan fingerprint density at radius 2 is 2.00 bits per heavy atom. The summed E-state index contributed by atoms with van der Waals surface area (Å²) in [6.07, 6.45) is 0.922. The molecule has 1 rings (SSSR count). The molecule has 5 heteroatoms. The Hall–Kier alpha value is -1.49. The molecule has 0 saturated heterocycles. The van der Waals surface area contributed by atoms with E-state index < -0.39 is 15.6 Å². The molecule has 0 unspecified atom stereocenters. The van der Waals surface area contributed by atoms with Crippen LogP contribution < -0.4 is 5.11 Å². The standard InChI is InChI=1S/C9H10O4S/c1-14(12,13)6-9(11)7-4-2-3-5-8(7)10/h2-6,10-11H,1H3/p-1/b9-6-. The molecule has 1 aromatic rings. The number of aromatic hydroxyl groups is 1. The molecule has 1 aromatic carbocycles. The summed E-state index contributed by atoms with van der Waals surface area (Å²) in [5.41, 5.74) is -0.0158. The van der Waals surface area contributed by atoms with Crippen molar-refractivity contribution in [1.29, 1.82) is 0 Å². The molecule has 1 N–H and O–H groups in total. The van der Waals surface area contributed by atoms with E-state index in [0.717, 1.165) is 6.26 Å². The lowest BCUT2D eigenvalue weighted by Gasteiger charge is -2.12. The van der Waals surface area contributed by atoms with Crippen molar-refractivity contribution in [1.82, 2.24) is 0 Å². The van der Waals surface area contributed by atoms with E-state index in [9.17, 15) is 18.6 Å². The van der Waals surface area contributed by atoms with Gasteiger partial charge in [-0.1, -0.05) is 24.0 Å². The van der Waals surface area contributed by atoms with Gasteiger partial charge in [-0.2, -0.15) is 0 Å². The molecule has 0 amide bonds. The predicted octanol–water partition coefficient (Wildman–Crippen LogP) is 0.0955. The van der Waals surface area contributed by atoms with Crippen molar-refractivity contribution < 1.29 is 18.6 Å². The summed E-state index contributed by atoms with van der Waals surface area (Å²) in [5, 5.41) is 21.1. The van der Waals surface area contributed by atoms with Gasteiger partial charge in [-0.25, -0.2) is 8.42 Å². The van der Waals surface area contributed by atoms with Crippen molar-refractivity contribution in [2.24, 2.45) is 0 Å². The van der Waals surface area contributed by atoms with Crippen LogP contribution in [0.25, 0.3) is 5.76 Å². The monoisotopic (exact) mass is 213 g/mol. The highest BCUT2D eigenvalue weighted by atomic mass is 32.2. The minimum absolute atomic E-state index is 0.0158. The van der Waals surface area contributed by atoms with Gasteiger partial charge < -0.3 is 10.2 Å². The van der Waals surface area contributed by atoms with E-state index in [4.69, 9.17) is 0 Å². The Morgan fingerprint density at radius 1 is 1.43 bits per heavy atom. The molecular weight excluding hydrogens is 204 g/mol. The van der Waals surface area contributed by atoms with Crippen molar-refractivity contribution >= 4 is 15.6 Å². The van der Waals surface area contributed by atoms with Crippen LogP contribution in [0.15, 0.2) is 29.7 Å². The number of sulfone groups is 1. The summed E-state index contributed by atoms with van der Waals surface area (Å²) < 4.78 is 21.5. The molecular formula is C9H9O4S-. The Labute approximate surface area is 82.1 Å². The SMILES string of the molecule is CS(=O)(=O)/C=C(\[O-])c1ccccc1O. The first-order chi connectivity index (χ1) is 6.40. The minimum atomic E-state index is -3.47. The summed E-state index contributed by atoms with van der Waals surface area (Å²) in [7, 11) is -3.47. The van der Waals surface area contributed by atoms with Crippen molar-refractivity contribution in [3.05, 3.63) is 35.2 Å². The fraction of sp³-hybridized carbons (Fsp3) is 0.111. The average molecular weight is 213 g/mol. The molecule has 14 heavy (non-hydrogen) atoms. The van der Waals surface area contributed by atoms with Crippen molar-refractivity contribution in [3.63, 3.8) is 0 Å². The van der Waals surface area contributed by atoms with E-state index in [1.807, 2.05) is 0 Å². The Bertz CT molecular complexity index is 459. The highest BCUT2D eigenvalue weighted by Gasteiger charge is 2.00. The van der Waals surface area contributed by atoms with Gasteiger partial charge in [-0.05, 0) is 6.07 Å². The van der Waals surface area contributed by atoms with Gasteiger partial charge >= 0.3 is 0 Å². The summed E-state index contributed by atoms with van der Waals surface area (Å²) in [4.78, 5) is 0. The normalized spacial score (nSPS) is 12.8. The van der Waals surface area contributed by atoms with Gasteiger partial charge in [0.1, 0.15) is 5.75 Å². The maximum absolute atomic E-state index is 11.3. The fourth-order valence-electron chi connectivity index (χ4n) is 0.940. The third-order valence-corrected chi connectivity index (χ3v) is 2.13. The van der Waals surface area contributed by atoms with Crippen LogP contribution in [-0.2, 0) is 9.84 Å². The fourth-order valence-corrected chi connectivity index (χ4v) is 1.46. The molecule has 0 fully saturated rings. The molecule has 0 bridgehead atoms. The van der Waals surface area contributed by atoms with Crippen LogP contribution in [0.4, 0.5) is 0 Å². The number of phenols is 1. The smallest absolute Gasteiger partial charge is 0.168 e. The molecule has 0 radical (unpaired) electrons. The van der Waals surface area contributed by atoms with Crippen LogP contribution in [0.2, 0.25) is 0 Å². The molecule has 0 aliphatic heterocycles. The molecule has 0 saturated carbocycles. The van der Waals surface area contributed by atoms with Gasteiger partial charge in [0.15, 0.2) is 9.84 Å². The van der Waals surface area contributed by atoms with Crippen LogP contribution in [0.3, 0.4) is 0 Å². The number of hydrogen-bond donors (Lipinski definition) is 1. The number of para-hydroxylation sites is 1. The van der Waals surface area contributed by atoms with E-state index >= 15 is 0 Å². The third kappa shape index (κ3) is 2.77. The van der Waals surface area contributed by atoms with Gasteiger partial charge in [0.2, 0.25) is 0 Å². The molecule has 0 aliphatic rings. The maximum Gasteiger partial charge on any atom is 0.168 e. The average Bonchev–Trinajstić information content (AvgIpc) is 2.01. The van der Waals surface area contributed by atoms with Crippen molar-refractivity contribution in [2.75, 3.05) is 6.26 Å². The number of phenolic OH excluding ortho intramolecular Hbond substituents is 1. The predicted molar refractivity (Wildman–Crippen MR) is 50.9 cm³/mol. The van der Waals surface area contributed by atoms with E-state index in [-0.39, 0.29) is 11.3 Å². The van der Waals surface area contributed by atoms with Crippen molar-refractivity contribution in [3.8, 4) is 5.75 Å². The van der Waals surface area contributed by atoms with E-state index in [1.54, 1.807) is 12.1 Å². The Kier molecular flexibility index (Phi) is 2.81. The molecule has 0 heterocycles. The molecule has 76 valence electrons. The molecule has 0 atom stereocenters. The number of benzene rings is 1. The summed E-state index contributed by atoms with van der Waals surface area (Å²) in [5.74, 6) is -0.942. The highest BCUT2D eigenvalue weighted by molar-refractivity contribution is 7.93.